The van der Waals surface area contributed by atoms with Gasteiger partial charge in [-0.1, -0.05) is 13.0 Å². The molecule has 1 aromatic heterocycles. The van der Waals surface area contributed by atoms with Gasteiger partial charge in [0.25, 0.3) is 0 Å². The number of aromatic nitrogens is 2. The first-order chi connectivity index (χ1) is 12.4. The van der Waals surface area contributed by atoms with Crippen molar-refractivity contribution in [2.45, 2.75) is 39.7 Å². The van der Waals surface area contributed by atoms with E-state index in [4.69, 9.17) is 0 Å². The first-order valence-electron chi connectivity index (χ1n) is 8.81. The number of hydrogen-bond acceptors (Lipinski definition) is 2. The van der Waals surface area contributed by atoms with Crippen LogP contribution in [-0.4, -0.2) is 35.9 Å². The van der Waals surface area contributed by atoms with Crippen LogP contribution in [0.3, 0.4) is 0 Å². The monoisotopic (exact) mass is 491 g/mol. The number of guanidine groups is 1. The van der Waals surface area contributed by atoms with E-state index in [0.717, 1.165) is 42.5 Å². The molecule has 0 fully saturated rings. The molecule has 0 aliphatic rings. The molecule has 0 bridgehead atoms. The molecule has 150 valence electrons. The molecule has 5 nitrogen and oxygen atoms in total. The number of rotatable bonds is 7. The van der Waals surface area contributed by atoms with Gasteiger partial charge in [0.05, 0.1) is 5.69 Å². The van der Waals surface area contributed by atoms with Crippen LogP contribution in [0, 0.1) is 25.5 Å². The van der Waals surface area contributed by atoms with Crippen LogP contribution in [0.1, 0.15) is 36.2 Å². The fourth-order valence-corrected chi connectivity index (χ4v) is 2.74. The normalized spacial score (nSPS) is 12.4. The van der Waals surface area contributed by atoms with Gasteiger partial charge in [-0.15, -0.1) is 24.0 Å². The van der Waals surface area contributed by atoms with Crippen molar-refractivity contribution >= 4 is 29.9 Å². The van der Waals surface area contributed by atoms with Crippen LogP contribution in [-0.2, 0) is 6.54 Å². The van der Waals surface area contributed by atoms with Gasteiger partial charge in [0, 0.05) is 32.4 Å². The van der Waals surface area contributed by atoms with E-state index >= 15 is 0 Å². The summed E-state index contributed by atoms with van der Waals surface area (Å²) in [7, 11) is 1.71. The molecule has 2 aromatic rings. The molecule has 27 heavy (non-hydrogen) atoms. The summed E-state index contributed by atoms with van der Waals surface area (Å²) < 4.78 is 28.4. The Morgan fingerprint density at radius 2 is 1.93 bits per heavy atom. The van der Waals surface area contributed by atoms with E-state index in [2.05, 4.69) is 26.8 Å². The molecule has 0 amide bonds. The third-order valence-corrected chi connectivity index (χ3v) is 4.25. The highest BCUT2D eigenvalue weighted by Gasteiger charge is 2.10. The van der Waals surface area contributed by atoms with Crippen molar-refractivity contribution < 1.29 is 8.78 Å². The van der Waals surface area contributed by atoms with Crippen LogP contribution < -0.4 is 10.6 Å². The second-order valence-corrected chi connectivity index (χ2v) is 6.46. The maximum absolute atomic E-state index is 13.3. The van der Waals surface area contributed by atoms with E-state index in [9.17, 15) is 8.78 Å². The molecule has 1 aromatic carbocycles. The Balaban J connectivity index is 0.00000364. The van der Waals surface area contributed by atoms with Crippen LogP contribution in [0.5, 0.6) is 0 Å². The number of aryl methyl sites for hydroxylation is 3. The molecule has 0 spiro atoms. The summed E-state index contributed by atoms with van der Waals surface area (Å²) >= 11 is 0. The molecule has 0 saturated heterocycles. The average molecular weight is 491 g/mol. The highest BCUT2D eigenvalue weighted by molar-refractivity contribution is 14.0. The van der Waals surface area contributed by atoms with Crippen LogP contribution in [0.2, 0.25) is 0 Å². The van der Waals surface area contributed by atoms with Crippen molar-refractivity contribution in [1.29, 1.82) is 0 Å². The molecule has 0 aliphatic carbocycles. The summed E-state index contributed by atoms with van der Waals surface area (Å²) in [6.07, 6.45) is 0.918. The third-order valence-electron chi connectivity index (χ3n) is 4.25. The van der Waals surface area contributed by atoms with Crippen molar-refractivity contribution in [2.24, 2.45) is 4.99 Å². The molecule has 2 rings (SSSR count). The second kappa shape index (κ2) is 11.2. The van der Waals surface area contributed by atoms with Gasteiger partial charge in [0.15, 0.2) is 17.6 Å². The van der Waals surface area contributed by atoms with E-state index in [-0.39, 0.29) is 29.9 Å². The second-order valence-electron chi connectivity index (χ2n) is 6.46. The van der Waals surface area contributed by atoms with Crippen LogP contribution in [0.4, 0.5) is 8.78 Å². The first kappa shape index (κ1) is 23.3. The topological polar surface area (TPSA) is 54.2 Å². The average Bonchev–Trinajstić information content (AvgIpc) is 2.93. The first-order valence-corrected chi connectivity index (χ1v) is 8.81. The molecule has 1 atom stereocenters. The van der Waals surface area contributed by atoms with E-state index in [1.165, 1.54) is 6.07 Å². The Morgan fingerprint density at radius 1 is 1.19 bits per heavy atom. The smallest absolute Gasteiger partial charge is 0.190 e. The minimum Gasteiger partial charge on any atom is -0.356 e. The lowest BCUT2D eigenvalue weighted by molar-refractivity contribution is 0.505. The largest absolute Gasteiger partial charge is 0.356 e. The molecule has 1 unspecified atom stereocenters. The van der Waals surface area contributed by atoms with E-state index < -0.39 is 11.6 Å². The molecule has 2 N–H and O–H groups in total. The standard InChI is InChI=1S/C19H27F2N5.HI/c1-13(16-6-7-17(20)18(21)11-16)12-24-19(22-4)23-8-5-9-26-15(3)10-14(2)25-26;/h6-7,10-11,13H,5,8-9,12H2,1-4H3,(H2,22,23,24);1H. The predicted octanol–water partition coefficient (Wildman–Crippen LogP) is 3.75. The van der Waals surface area contributed by atoms with E-state index in [1.807, 2.05) is 25.5 Å². The summed E-state index contributed by atoms with van der Waals surface area (Å²) in [4.78, 5) is 4.19. The summed E-state index contributed by atoms with van der Waals surface area (Å²) in [6.45, 7) is 8.17. The van der Waals surface area contributed by atoms with Crippen molar-refractivity contribution in [1.82, 2.24) is 20.4 Å². The van der Waals surface area contributed by atoms with Crippen molar-refractivity contribution in [3.05, 3.63) is 52.9 Å². The van der Waals surface area contributed by atoms with E-state index in [1.54, 1.807) is 13.1 Å². The minimum absolute atomic E-state index is 0. The maximum atomic E-state index is 13.3. The molecule has 0 aliphatic heterocycles. The van der Waals surface area contributed by atoms with Gasteiger partial charge in [-0.05, 0) is 49.9 Å². The van der Waals surface area contributed by atoms with Crippen molar-refractivity contribution in [3.63, 3.8) is 0 Å². The lowest BCUT2D eigenvalue weighted by Crippen LogP contribution is -2.39. The Bertz CT molecular complexity index is 761. The van der Waals surface area contributed by atoms with Crippen LogP contribution in [0.15, 0.2) is 29.3 Å². The molecular weight excluding hydrogens is 463 g/mol. The molecule has 0 saturated carbocycles. The zero-order chi connectivity index (χ0) is 19.1. The molecule has 0 radical (unpaired) electrons. The Kier molecular flexibility index (Phi) is 9.68. The lowest BCUT2D eigenvalue weighted by atomic mass is 10.0. The fraction of sp³-hybridized carbons (Fsp3) is 0.474. The number of nitrogens with zero attached hydrogens (tertiary/aromatic N) is 3. The molecule has 8 heteroatoms. The third kappa shape index (κ3) is 7.08. The quantitative estimate of drug-likeness (QED) is 0.269. The molecular formula is C19H28F2IN5. The van der Waals surface area contributed by atoms with Gasteiger partial charge in [0.2, 0.25) is 0 Å². The Hall–Kier alpha value is -1.71. The summed E-state index contributed by atoms with van der Waals surface area (Å²) in [5.74, 6) is -0.929. The number of halogens is 3. The van der Waals surface area contributed by atoms with Gasteiger partial charge in [-0.3, -0.25) is 9.67 Å². The van der Waals surface area contributed by atoms with Gasteiger partial charge >= 0.3 is 0 Å². The van der Waals surface area contributed by atoms with Crippen molar-refractivity contribution in [2.75, 3.05) is 20.1 Å². The summed E-state index contributed by atoms with van der Waals surface area (Å²) in [6, 6.07) is 6.07. The summed E-state index contributed by atoms with van der Waals surface area (Å²) in [5, 5.41) is 10.9. The van der Waals surface area contributed by atoms with Gasteiger partial charge in [-0.25, -0.2) is 8.78 Å². The number of benzene rings is 1. The number of hydrogen-bond donors (Lipinski definition) is 2. The zero-order valence-electron chi connectivity index (χ0n) is 16.2. The SMILES string of the molecule is CN=C(NCCCn1nc(C)cc1C)NCC(C)c1ccc(F)c(F)c1.I. The minimum atomic E-state index is -0.825. The van der Waals surface area contributed by atoms with Crippen LogP contribution in [0.25, 0.3) is 0 Å². The van der Waals surface area contributed by atoms with Gasteiger partial charge < -0.3 is 10.6 Å². The number of aliphatic imine (C=N–C) groups is 1. The molecule has 1 heterocycles. The number of nitrogens with one attached hydrogen (secondary N) is 2. The van der Waals surface area contributed by atoms with Gasteiger partial charge in [0.1, 0.15) is 0 Å². The van der Waals surface area contributed by atoms with Crippen molar-refractivity contribution in [3.8, 4) is 0 Å². The Morgan fingerprint density at radius 3 is 2.52 bits per heavy atom. The van der Waals surface area contributed by atoms with Crippen LogP contribution >= 0.6 is 24.0 Å². The fourth-order valence-electron chi connectivity index (χ4n) is 2.74. The highest BCUT2D eigenvalue weighted by atomic mass is 127. The van der Waals surface area contributed by atoms with Gasteiger partial charge in [-0.2, -0.15) is 5.10 Å². The zero-order valence-corrected chi connectivity index (χ0v) is 18.6. The predicted molar refractivity (Wildman–Crippen MR) is 116 cm³/mol. The summed E-state index contributed by atoms with van der Waals surface area (Å²) in [5.41, 5.74) is 2.93. The maximum Gasteiger partial charge on any atom is 0.190 e. The Labute approximate surface area is 176 Å². The van der Waals surface area contributed by atoms with E-state index in [0.29, 0.717) is 12.5 Å². The highest BCUT2D eigenvalue weighted by Crippen LogP contribution is 2.17. The lowest BCUT2D eigenvalue weighted by Gasteiger charge is -2.16.